The molecular weight excluding hydrogens is 604 g/mol. The van der Waals surface area contributed by atoms with Gasteiger partial charge in [0, 0.05) is 11.8 Å². The van der Waals surface area contributed by atoms with Crippen LogP contribution >= 0.6 is 0 Å². The lowest BCUT2D eigenvalue weighted by Gasteiger charge is -2.32. The molecule has 2 aliphatic carbocycles. The van der Waals surface area contributed by atoms with Crippen LogP contribution in [0.1, 0.15) is 33.5 Å². The van der Waals surface area contributed by atoms with Crippen molar-refractivity contribution in [2.24, 2.45) is 17.8 Å². The average Bonchev–Trinajstić information content (AvgIpc) is 3.47. The van der Waals surface area contributed by atoms with Gasteiger partial charge in [-0.05, 0) is 18.1 Å². The molecule has 0 aromatic heterocycles. The van der Waals surface area contributed by atoms with Gasteiger partial charge in [0.2, 0.25) is 0 Å². The summed E-state index contributed by atoms with van der Waals surface area (Å²) in [6, 6.07) is 2.93. The fourth-order valence-electron chi connectivity index (χ4n) is 5.82. The van der Waals surface area contributed by atoms with Crippen LogP contribution in [0.4, 0.5) is 22.0 Å². The summed E-state index contributed by atoms with van der Waals surface area (Å²) in [5, 5.41) is -7.89. The number of benzene rings is 1. The molecule has 6 radical (unpaired) electrons. The van der Waals surface area contributed by atoms with Crippen molar-refractivity contribution in [2.75, 3.05) is 0 Å². The van der Waals surface area contributed by atoms with Gasteiger partial charge >= 0.3 is 33.5 Å². The number of ether oxygens (including phenoxy) is 2. The van der Waals surface area contributed by atoms with Crippen LogP contribution in [0.15, 0.2) is 12.1 Å². The van der Waals surface area contributed by atoms with Crippen LogP contribution in [-0.2, 0) is 57.6 Å². The van der Waals surface area contributed by atoms with Gasteiger partial charge in [-0.25, -0.2) is 4.79 Å². The van der Waals surface area contributed by atoms with Crippen LogP contribution in [-0.4, -0.2) is 91.9 Å². The van der Waals surface area contributed by atoms with Crippen molar-refractivity contribution >= 4 is 55.7 Å². The van der Waals surface area contributed by atoms with E-state index in [0.717, 1.165) is 0 Å². The van der Waals surface area contributed by atoms with E-state index in [1.807, 2.05) is 0 Å². The molecule has 7 unspecified atom stereocenters. The number of hydrogen-bond acceptors (Lipinski definition) is 9. The number of hydrogen-bond donors (Lipinski definition) is 1. The summed E-state index contributed by atoms with van der Waals surface area (Å²) in [5.74, 6) is -7.86. The fraction of sp³-hybridized carbons (Fsp3) is 0.619. The molecule has 3 fully saturated rings. The lowest BCUT2D eigenvalue weighted by molar-refractivity contribution is -0.261. The minimum Gasteiger partial charge on any atom is -0.456 e. The summed E-state index contributed by atoms with van der Waals surface area (Å²) in [5.41, 5.74) is 1.03. The second-order valence-electron chi connectivity index (χ2n) is 9.77. The number of rotatable bonds is 9. The van der Waals surface area contributed by atoms with E-state index in [1.165, 1.54) is 6.07 Å². The highest BCUT2D eigenvalue weighted by atomic mass is 32.2. The fourth-order valence-corrected chi connectivity index (χ4v) is 8.33. The van der Waals surface area contributed by atoms with Crippen LogP contribution in [0.3, 0.4) is 0 Å². The lowest BCUT2D eigenvalue weighted by atomic mass is 9.81. The minimum absolute atomic E-state index is 0.0274. The number of halogens is 5. The second-order valence-corrected chi connectivity index (χ2v) is 13.0. The van der Waals surface area contributed by atoms with E-state index < -0.39 is 84.9 Å². The van der Waals surface area contributed by atoms with Crippen LogP contribution in [0.25, 0.3) is 0 Å². The molecule has 1 aliphatic heterocycles. The number of fused-ring (bicyclic) bond motifs is 1. The van der Waals surface area contributed by atoms with Gasteiger partial charge in [-0.2, -0.15) is 38.8 Å². The maximum Gasteiger partial charge on any atom is 0.432 e. The summed E-state index contributed by atoms with van der Waals surface area (Å²) in [6.07, 6.45) is -14.3. The Labute approximate surface area is 234 Å². The molecule has 10 nitrogen and oxygen atoms in total. The summed E-state index contributed by atoms with van der Waals surface area (Å²) in [7, 11) is 5.67. The number of esters is 2. The van der Waals surface area contributed by atoms with Gasteiger partial charge in [0.15, 0.2) is 0 Å². The monoisotopic (exact) mass is 622 g/mol. The maximum absolute atomic E-state index is 14.0. The molecule has 0 amide bonds. The van der Waals surface area contributed by atoms with E-state index >= 15 is 0 Å². The molecule has 218 valence electrons. The van der Waals surface area contributed by atoms with E-state index in [0.29, 0.717) is 11.1 Å². The molecule has 1 N–H and O–H groups in total. The molecule has 1 aromatic rings. The Hall–Kier alpha value is -2.18. The third-order valence-electron chi connectivity index (χ3n) is 7.51. The van der Waals surface area contributed by atoms with E-state index in [-0.39, 0.29) is 36.5 Å². The first-order chi connectivity index (χ1) is 18.8. The predicted octanol–water partition coefficient (Wildman–Crippen LogP) is 0.535. The smallest absolute Gasteiger partial charge is 0.432 e. The normalized spacial score (nSPS) is 29.3. The molecule has 41 heavy (non-hydrogen) atoms. The molecule has 3 aliphatic rings. The van der Waals surface area contributed by atoms with Gasteiger partial charge in [0.1, 0.15) is 17.5 Å². The Bertz CT molecular complexity index is 1470. The summed E-state index contributed by atoms with van der Waals surface area (Å²) < 4.78 is 139. The van der Waals surface area contributed by atoms with Gasteiger partial charge in [-0.3, -0.25) is 13.5 Å². The Kier molecular flexibility index (Phi) is 8.15. The largest absolute Gasteiger partial charge is 0.456 e. The molecular formula is C21H18B3F5O10S2. The Morgan fingerprint density at radius 1 is 1.07 bits per heavy atom. The van der Waals surface area contributed by atoms with Crippen molar-refractivity contribution in [3.8, 4) is 0 Å². The van der Waals surface area contributed by atoms with E-state index in [1.54, 1.807) is 6.07 Å². The van der Waals surface area contributed by atoms with Gasteiger partial charge in [-0.1, -0.05) is 36.2 Å². The molecule has 2 bridgehead atoms. The van der Waals surface area contributed by atoms with Crippen molar-refractivity contribution in [2.45, 2.75) is 60.4 Å². The predicted molar refractivity (Wildman–Crippen MR) is 129 cm³/mol. The topological polar surface area (TPSA) is 150 Å². The van der Waals surface area contributed by atoms with E-state index in [4.69, 9.17) is 37.0 Å². The number of carbonyl (C=O) groups excluding carboxylic acids is 2. The summed E-state index contributed by atoms with van der Waals surface area (Å²) in [4.78, 5) is 26.1. The number of alkyl halides is 5. The second kappa shape index (κ2) is 10.5. The average molecular weight is 622 g/mol. The molecule has 0 spiro atoms. The van der Waals surface area contributed by atoms with Gasteiger partial charge in [0.05, 0.1) is 35.0 Å². The SMILES string of the molecule is [B]Cc1cc(C[B])c(C[B])c(C(=O)OC2C3CC4C2OS(=O)(=O)C4C3C(=O)OC(C(F)(F)F)C(F)(F)S(=O)(=O)O)c1. The molecule has 1 saturated heterocycles. The first-order valence-electron chi connectivity index (χ1n) is 11.8. The maximum atomic E-state index is 14.0. The zero-order chi connectivity index (χ0) is 30.9. The van der Waals surface area contributed by atoms with Gasteiger partial charge in [-0.15, -0.1) is 0 Å². The zero-order valence-electron chi connectivity index (χ0n) is 20.6. The quantitative estimate of drug-likeness (QED) is 0.136. The van der Waals surface area contributed by atoms with Crippen LogP contribution in [0.2, 0.25) is 0 Å². The van der Waals surface area contributed by atoms with E-state index in [2.05, 4.69) is 4.74 Å². The van der Waals surface area contributed by atoms with Gasteiger partial charge in [0.25, 0.3) is 16.2 Å². The zero-order valence-corrected chi connectivity index (χ0v) is 22.2. The van der Waals surface area contributed by atoms with Crippen molar-refractivity contribution in [1.82, 2.24) is 0 Å². The first kappa shape index (κ1) is 31.8. The van der Waals surface area contributed by atoms with Crippen LogP contribution < -0.4 is 0 Å². The molecule has 20 heteroatoms. The summed E-state index contributed by atoms with van der Waals surface area (Å²) in [6.45, 7) is 0. The molecule has 1 heterocycles. The molecule has 2 saturated carbocycles. The van der Waals surface area contributed by atoms with Crippen LogP contribution in [0, 0.1) is 17.8 Å². The number of carbonyl (C=O) groups is 2. The molecule has 7 atom stereocenters. The third-order valence-corrected chi connectivity index (χ3v) is 10.2. The van der Waals surface area contributed by atoms with Crippen molar-refractivity contribution in [3.05, 3.63) is 34.4 Å². The van der Waals surface area contributed by atoms with Gasteiger partial charge < -0.3 is 9.47 Å². The highest BCUT2D eigenvalue weighted by Gasteiger charge is 2.73. The highest BCUT2D eigenvalue weighted by Crippen LogP contribution is 2.59. The lowest BCUT2D eigenvalue weighted by Crippen LogP contribution is -2.54. The first-order valence-corrected chi connectivity index (χ1v) is 14.7. The Morgan fingerprint density at radius 3 is 2.22 bits per heavy atom. The van der Waals surface area contributed by atoms with E-state index in [9.17, 15) is 48.4 Å². The molecule has 1 aromatic carbocycles. The standard InChI is InChI=1S/C21H18B3F5O10S2/c22-4-7-1-8(5-23)12(6-24)9(2-7)17(30)37-14-10-3-11-15(14)39-40(32,33)16(11)13(10)18(31)38-19(20(25,26)27)21(28,29)41(34,35)36/h1-2,10-11,13-16,19H,3-6H2,(H,34,35,36). The minimum atomic E-state index is -6.74. The third kappa shape index (κ3) is 5.29. The summed E-state index contributed by atoms with van der Waals surface area (Å²) >= 11 is 0. The van der Waals surface area contributed by atoms with Crippen molar-refractivity contribution in [1.29, 1.82) is 0 Å². The van der Waals surface area contributed by atoms with Crippen molar-refractivity contribution < 1.29 is 66.6 Å². The Balaban J connectivity index is 1.68. The molecule has 4 rings (SSSR count). The van der Waals surface area contributed by atoms with Crippen LogP contribution in [0.5, 0.6) is 0 Å². The Morgan fingerprint density at radius 2 is 1.71 bits per heavy atom. The highest BCUT2D eigenvalue weighted by molar-refractivity contribution is 7.87. The van der Waals surface area contributed by atoms with Crippen molar-refractivity contribution in [3.63, 3.8) is 0 Å².